The molecular weight excluding hydrogens is 369 g/mol. The molecule has 1 rings (SSSR count). The van der Waals surface area contributed by atoms with Crippen LogP contribution in [0.15, 0.2) is 12.1 Å². The molecule has 0 amide bonds. The van der Waals surface area contributed by atoms with E-state index in [1.54, 1.807) is 6.07 Å². The highest BCUT2D eigenvalue weighted by Crippen LogP contribution is 2.34. The van der Waals surface area contributed by atoms with E-state index in [-0.39, 0.29) is 20.6 Å². The second-order valence-electron chi connectivity index (χ2n) is 3.04. The van der Waals surface area contributed by atoms with Crippen molar-refractivity contribution in [2.75, 3.05) is 5.88 Å². The third kappa shape index (κ3) is 3.10. The Morgan fingerprint density at radius 3 is 2.47 bits per heavy atom. The molecule has 0 heterocycles. The number of hydrogen-bond acceptors (Lipinski definition) is 2. The molecule has 0 saturated carbocycles. The van der Waals surface area contributed by atoms with Crippen LogP contribution in [0.25, 0.3) is 0 Å². The van der Waals surface area contributed by atoms with Crippen molar-refractivity contribution >= 4 is 40.0 Å². The van der Waals surface area contributed by atoms with E-state index in [1.165, 1.54) is 22.6 Å². The van der Waals surface area contributed by atoms with Crippen LogP contribution in [0, 0.1) is 14.9 Å². The Bertz CT molecular complexity index is 507. The van der Waals surface area contributed by atoms with Crippen LogP contribution in [0.3, 0.4) is 0 Å². The Balaban J connectivity index is 3.47. The van der Waals surface area contributed by atoms with Gasteiger partial charge in [0.05, 0.1) is 23.1 Å². The van der Waals surface area contributed by atoms with Crippen molar-refractivity contribution in [1.82, 2.24) is 0 Å². The number of ketones is 1. The number of hydrogen-bond donors (Lipinski definition) is 0. The van der Waals surface area contributed by atoms with Gasteiger partial charge in [0.15, 0.2) is 5.78 Å². The molecule has 1 aromatic rings. The standard InChI is InChI=1S/C10H4ClF3INO/c11-3-9(17)6-2-8(15)7(10(12,13)14)1-5(6)4-16/h1-2H,3H2. The fourth-order valence-electron chi connectivity index (χ4n) is 1.19. The number of halogens is 5. The molecule has 0 aliphatic carbocycles. The van der Waals surface area contributed by atoms with Crippen LogP contribution in [0.5, 0.6) is 0 Å². The van der Waals surface area contributed by atoms with Gasteiger partial charge in [-0.25, -0.2) is 0 Å². The first-order chi connectivity index (χ1) is 7.81. The molecule has 0 bridgehead atoms. The molecular formula is C10H4ClF3INO. The summed E-state index contributed by atoms with van der Waals surface area (Å²) in [5.74, 6) is -0.953. The molecule has 17 heavy (non-hydrogen) atoms. The van der Waals surface area contributed by atoms with Crippen molar-refractivity contribution in [3.8, 4) is 6.07 Å². The first-order valence-electron chi connectivity index (χ1n) is 4.21. The van der Waals surface area contributed by atoms with E-state index in [0.29, 0.717) is 6.07 Å². The summed E-state index contributed by atoms with van der Waals surface area (Å²) >= 11 is 6.78. The molecule has 0 radical (unpaired) electrons. The first-order valence-corrected chi connectivity index (χ1v) is 5.82. The normalized spacial score (nSPS) is 11.1. The van der Waals surface area contributed by atoms with E-state index in [4.69, 9.17) is 16.9 Å². The third-order valence-electron chi connectivity index (χ3n) is 1.95. The molecule has 90 valence electrons. The molecule has 7 heteroatoms. The van der Waals surface area contributed by atoms with Gasteiger partial charge in [0.2, 0.25) is 0 Å². The summed E-state index contributed by atoms with van der Waals surface area (Å²) in [5, 5.41) is 8.73. The van der Waals surface area contributed by atoms with Gasteiger partial charge in [-0.15, -0.1) is 11.6 Å². The monoisotopic (exact) mass is 373 g/mol. The molecule has 0 aliphatic rings. The maximum absolute atomic E-state index is 12.6. The molecule has 0 unspecified atom stereocenters. The predicted molar refractivity (Wildman–Crippen MR) is 63.9 cm³/mol. The van der Waals surface area contributed by atoms with Crippen LogP contribution < -0.4 is 0 Å². The van der Waals surface area contributed by atoms with E-state index < -0.39 is 17.5 Å². The Morgan fingerprint density at radius 2 is 2.06 bits per heavy atom. The molecule has 0 saturated heterocycles. The lowest BCUT2D eigenvalue weighted by Crippen LogP contribution is -2.11. The van der Waals surface area contributed by atoms with Gasteiger partial charge in [-0.05, 0) is 34.7 Å². The fourth-order valence-corrected chi connectivity index (χ4v) is 2.10. The minimum Gasteiger partial charge on any atom is -0.293 e. The molecule has 0 aliphatic heterocycles. The number of carbonyl (C=O) groups is 1. The van der Waals surface area contributed by atoms with Gasteiger partial charge in [0.25, 0.3) is 0 Å². The Kier molecular flexibility index (Phi) is 4.38. The summed E-state index contributed by atoms with van der Waals surface area (Å²) in [5.41, 5.74) is -1.33. The number of benzene rings is 1. The summed E-state index contributed by atoms with van der Waals surface area (Å²) in [6, 6.07) is 3.27. The summed E-state index contributed by atoms with van der Waals surface area (Å²) in [4.78, 5) is 11.3. The lowest BCUT2D eigenvalue weighted by atomic mass is 10.0. The van der Waals surface area contributed by atoms with Gasteiger partial charge in [0, 0.05) is 9.13 Å². The summed E-state index contributed by atoms with van der Waals surface area (Å²) in [6.07, 6.45) is -4.55. The molecule has 0 spiro atoms. The van der Waals surface area contributed by atoms with Crippen molar-refractivity contribution in [1.29, 1.82) is 5.26 Å². The maximum atomic E-state index is 12.6. The maximum Gasteiger partial charge on any atom is 0.417 e. The first kappa shape index (κ1) is 14.3. The molecule has 1 aromatic carbocycles. The predicted octanol–water partition coefficient (Wildman–Crippen LogP) is 3.60. The van der Waals surface area contributed by atoms with Crippen molar-refractivity contribution in [2.45, 2.75) is 6.18 Å². The van der Waals surface area contributed by atoms with Crippen LogP contribution in [-0.2, 0) is 6.18 Å². The highest BCUT2D eigenvalue weighted by atomic mass is 127. The Labute approximate surface area is 114 Å². The minimum absolute atomic E-state index is 0.0834. The van der Waals surface area contributed by atoms with Crippen LogP contribution in [0.2, 0.25) is 0 Å². The molecule has 0 atom stereocenters. The number of nitriles is 1. The van der Waals surface area contributed by atoms with Gasteiger partial charge in [0.1, 0.15) is 0 Å². The largest absolute Gasteiger partial charge is 0.417 e. The third-order valence-corrected chi connectivity index (χ3v) is 3.09. The van der Waals surface area contributed by atoms with E-state index in [1.807, 2.05) is 0 Å². The van der Waals surface area contributed by atoms with Gasteiger partial charge in [-0.3, -0.25) is 4.79 Å². The van der Waals surface area contributed by atoms with Crippen molar-refractivity contribution in [3.63, 3.8) is 0 Å². The highest BCUT2D eigenvalue weighted by Gasteiger charge is 2.34. The summed E-state index contributed by atoms with van der Waals surface area (Å²) in [7, 11) is 0. The number of alkyl halides is 4. The summed E-state index contributed by atoms with van der Waals surface area (Å²) < 4.78 is 37.5. The number of rotatable bonds is 2. The quantitative estimate of drug-likeness (QED) is 0.451. The zero-order valence-electron chi connectivity index (χ0n) is 8.11. The second-order valence-corrected chi connectivity index (χ2v) is 4.47. The topological polar surface area (TPSA) is 40.9 Å². The minimum atomic E-state index is -4.55. The van der Waals surface area contributed by atoms with Gasteiger partial charge >= 0.3 is 6.18 Å². The Morgan fingerprint density at radius 1 is 1.47 bits per heavy atom. The van der Waals surface area contributed by atoms with Crippen molar-refractivity contribution in [3.05, 3.63) is 32.4 Å². The van der Waals surface area contributed by atoms with E-state index in [9.17, 15) is 18.0 Å². The van der Waals surface area contributed by atoms with Gasteiger partial charge < -0.3 is 0 Å². The van der Waals surface area contributed by atoms with Crippen LogP contribution in [0.4, 0.5) is 13.2 Å². The zero-order valence-corrected chi connectivity index (χ0v) is 11.0. The highest BCUT2D eigenvalue weighted by molar-refractivity contribution is 14.1. The van der Waals surface area contributed by atoms with Crippen molar-refractivity contribution in [2.24, 2.45) is 0 Å². The second kappa shape index (κ2) is 5.23. The lowest BCUT2D eigenvalue weighted by Gasteiger charge is -2.11. The molecule has 0 N–H and O–H groups in total. The zero-order chi connectivity index (χ0) is 13.2. The molecule has 2 nitrogen and oxygen atoms in total. The van der Waals surface area contributed by atoms with Crippen LogP contribution >= 0.6 is 34.2 Å². The van der Waals surface area contributed by atoms with Crippen molar-refractivity contribution < 1.29 is 18.0 Å². The average Bonchev–Trinajstić information content (AvgIpc) is 2.26. The number of Topliss-reactive ketones (excluding diaryl/α,β-unsaturated/α-hetero) is 1. The van der Waals surface area contributed by atoms with E-state index >= 15 is 0 Å². The SMILES string of the molecule is N#Cc1cc(C(F)(F)F)c(I)cc1C(=O)CCl. The Hall–Kier alpha value is -0.810. The lowest BCUT2D eigenvalue weighted by molar-refractivity contribution is -0.138. The van der Waals surface area contributed by atoms with Crippen LogP contribution in [0.1, 0.15) is 21.5 Å². The average molecular weight is 373 g/mol. The van der Waals surface area contributed by atoms with Gasteiger partial charge in [-0.1, -0.05) is 0 Å². The molecule has 0 aromatic heterocycles. The van der Waals surface area contributed by atoms with E-state index in [2.05, 4.69) is 0 Å². The number of nitrogens with zero attached hydrogens (tertiary/aromatic N) is 1. The smallest absolute Gasteiger partial charge is 0.293 e. The van der Waals surface area contributed by atoms with Crippen LogP contribution in [-0.4, -0.2) is 11.7 Å². The van der Waals surface area contributed by atoms with Gasteiger partial charge in [-0.2, -0.15) is 18.4 Å². The molecule has 0 fully saturated rings. The fraction of sp³-hybridized carbons (Fsp3) is 0.200. The van der Waals surface area contributed by atoms with E-state index in [0.717, 1.165) is 6.07 Å². The number of carbonyl (C=O) groups excluding carboxylic acids is 1. The summed E-state index contributed by atoms with van der Waals surface area (Å²) in [6.45, 7) is 0.